The summed E-state index contributed by atoms with van der Waals surface area (Å²) in [7, 11) is 0. The molecule has 0 nitrogen and oxygen atoms in total. The van der Waals surface area contributed by atoms with Gasteiger partial charge in [0.15, 0.2) is 0 Å². The molecule has 8 aromatic carbocycles. The highest BCUT2D eigenvalue weighted by Gasteiger charge is 2.41. The molecule has 0 saturated carbocycles. The molecule has 0 amide bonds. The van der Waals surface area contributed by atoms with Gasteiger partial charge >= 0.3 is 0 Å². The molecule has 0 unspecified atom stereocenters. The van der Waals surface area contributed by atoms with Gasteiger partial charge in [0.2, 0.25) is 0 Å². The van der Waals surface area contributed by atoms with Gasteiger partial charge < -0.3 is 0 Å². The zero-order chi connectivity index (χ0) is 38.0. The maximum Gasteiger partial charge on any atom is 0.0159 e. The maximum atomic E-state index is 2.56. The first kappa shape index (κ1) is 33.8. The van der Waals surface area contributed by atoms with Crippen LogP contribution in [0.3, 0.4) is 0 Å². The van der Waals surface area contributed by atoms with Gasteiger partial charge in [-0.1, -0.05) is 195 Å². The van der Waals surface area contributed by atoms with Crippen molar-refractivity contribution in [2.45, 2.75) is 71.6 Å². The number of hydrogen-bond donors (Lipinski definition) is 0. The Bertz CT molecular complexity index is 2880. The molecule has 0 aromatic heterocycles. The lowest BCUT2D eigenvalue weighted by molar-refractivity contribution is 0.580. The van der Waals surface area contributed by atoms with E-state index in [-0.39, 0.29) is 16.2 Å². The molecule has 0 bridgehead atoms. The monoisotopic (exact) mass is 708 g/mol. The molecule has 0 heteroatoms. The van der Waals surface area contributed by atoms with Crippen LogP contribution in [0.4, 0.5) is 0 Å². The van der Waals surface area contributed by atoms with E-state index in [1.807, 2.05) is 0 Å². The molecular formula is C55H48. The van der Waals surface area contributed by atoms with E-state index >= 15 is 0 Å². The van der Waals surface area contributed by atoms with Crippen molar-refractivity contribution in [1.82, 2.24) is 0 Å². The van der Waals surface area contributed by atoms with Crippen LogP contribution in [0, 0.1) is 0 Å². The summed E-state index contributed by atoms with van der Waals surface area (Å²) in [6, 6.07) is 55.5. The third-order valence-corrected chi connectivity index (χ3v) is 12.7. The SMILES string of the molecule is CC(C)(C)c1ccc2c(c1)C(C)(C)c1cc(C(C)(C)C)cc(-c3c4c(c(-c5ccccc5-c5ccccc5)c5ccccc35)-c3cccc5cccc-4c35)c1-2. The first-order chi connectivity index (χ1) is 26.3. The van der Waals surface area contributed by atoms with E-state index in [1.54, 1.807) is 0 Å². The second-order valence-electron chi connectivity index (χ2n) is 18.5. The predicted molar refractivity (Wildman–Crippen MR) is 237 cm³/mol. The summed E-state index contributed by atoms with van der Waals surface area (Å²) in [5.74, 6) is 0. The molecule has 2 aliphatic rings. The Morgan fingerprint density at radius 1 is 0.364 bits per heavy atom. The second-order valence-corrected chi connectivity index (χ2v) is 18.5. The van der Waals surface area contributed by atoms with Crippen LogP contribution >= 0.6 is 0 Å². The van der Waals surface area contributed by atoms with E-state index in [4.69, 9.17) is 0 Å². The molecular weight excluding hydrogens is 661 g/mol. The van der Waals surface area contributed by atoms with Crippen LogP contribution < -0.4 is 0 Å². The van der Waals surface area contributed by atoms with E-state index in [9.17, 15) is 0 Å². The minimum absolute atomic E-state index is 0.0400. The zero-order valence-electron chi connectivity index (χ0n) is 33.4. The average molecular weight is 709 g/mol. The van der Waals surface area contributed by atoms with Gasteiger partial charge in [-0.15, -0.1) is 0 Å². The highest BCUT2D eigenvalue weighted by atomic mass is 14.4. The van der Waals surface area contributed by atoms with Crippen molar-refractivity contribution in [3.63, 3.8) is 0 Å². The lowest BCUT2D eigenvalue weighted by Gasteiger charge is -2.28. The normalized spacial score (nSPS) is 14.0. The molecule has 0 radical (unpaired) electrons. The Balaban J connectivity index is 1.41. The first-order valence-electron chi connectivity index (χ1n) is 19.9. The quantitative estimate of drug-likeness (QED) is 0.171. The van der Waals surface area contributed by atoms with Gasteiger partial charge in [0.05, 0.1) is 0 Å². The van der Waals surface area contributed by atoms with Crippen LogP contribution in [0.1, 0.15) is 77.6 Å². The van der Waals surface area contributed by atoms with Crippen molar-refractivity contribution in [2.75, 3.05) is 0 Å². The Labute approximate surface area is 326 Å². The van der Waals surface area contributed by atoms with Gasteiger partial charge in [-0.05, 0) is 127 Å². The van der Waals surface area contributed by atoms with Crippen molar-refractivity contribution in [3.8, 4) is 66.8 Å². The Kier molecular flexibility index (Phi) is 7.16. The Hall–Kier alpha value is -5.72. The summed E-state index contributed by atoms with van der Waals surface area (Å²) in [6.45, 7) is 19.0. The second kappa shape index (κ2) is 11.6. The van der Waals surface area contributed by atoms with Crippen molar-refractivity contribution in [3.05, 3.63) is 168 Å². The summed E-state index contributed by atoms with van der Waals surface area (Å²) in [5.41, 5.74) is 21.4. The smallest absolute Gasteiger partial charge is 0.0159 e. The van der Waals surface area contributed by atoms with Crippen LogP contribution in [-0.4, -0.2) is 0 Å². The van der Waals surface area contributed by atoms with Gasteiger partial charge in [0.25, 0.3) is 0 Å². The molecule has 10 rings (SSSR count). The maximum absolute atomic E-state index is 2.56. The van der Waals surface area contributed by atoms with E-state index in [0.29, 0.717) is 0 Å². The lowest BCUT2D eigenvalue weighted by Crippen LogP contribution is -2.19. The van der Waals surface area contributed by atoms with E-state index in [2.05, 4.69) is 201 Å². The molecule has 0 atom stereocenters. The van der Waals surface area contributed by atoms with Crippen molar-refractivity contribution in [1.29, 1.82) is 0 Å². The van der Waals surface area contributed by atoms with Crippen LogP contribution in [0.5, 0.6) is 0 Å². The number of rotatable bonds is 3. The highest BCUT2D eigenvalue weighted by Crippen LogP contribution is 2.61. The number of fused-ring (bicyclic) bond motifs is 7. The van der Waals surface area contributed by atoms with Crippen molar-refractivity contribution < 1.29 is 0 Å². The van der Waals surface area contributed by atoms with Gasteiger partial charge in [0, 0.05) is 5.41 Å². The fourth-order valence-electron chi connectivity index (χ4n) is 9.81. The molecule has 268 valence electrons. The minimum atomic E-state index is -0.154. The third-order valence-electron chi connectivity index (χ3n) is 12.7. The van der Waals surface area contributed by atoms with Crippen molar-refractivity contribution >= 4 is 21.5 Å². The molecule has 2 aliphatic carbocycles. The van der Waals surface area contributed by atoms with E-state index in [1.165, 1.54) is 111 Å². The van der Waals surface area contributed by atoms with Crippen LogP contribution in [0.2, 0.25) is 0 Å². The van der Waals surface area contributed by atoms with Crippen molar-refractivity contribution in [2.24, 2.45) is 0 Å². The standard InChI is InChI=1S/C55H48/c1-53(2,3)35-28-29-41-45(31-35)55(7,8)46-32-36(54(4,5)6)30-44(48(41)46)50-40-25-15-14-24-39(40)49(38-23-13-12-22-37(38)33-18-10-9-11-19-33)51-42-26-16-20-34-21-17-27-43(47(34)42)52(50)51/h9-32H,1-8H3. The fraction of sp³-hybridized carbons (Fsp3) is 0.200. The summed E-state index contributed by atoms with van der Waals surface area (Å²) in [5, 5.41) is 5.24. The van der Waals surface area contributed by atoms with Gasteiger partial charge in [-0.25, -0.2) is 0 Å². The Morgan fingerprint density at radius 2 is 0.891 bits per heavy atom. The van der Waals surface area contributed by atoms with Crippen LogP contribution in [0.15, 0.2) is 146 Å². The van der Waals surface area contributed by atoms with Crippen LogP contribution in [-0.2, 0) is 16.2 Å². The topological polar surface area (TPSA) is 0 Å². The van der Waals surface area contributed by atoms with Crippen LogP contribution in [0.25, 0.3) is 88.3 Å². The summed E-state index contributed by atoms with van der Waals surface area (Å²) >= 11 is 0. The molecule has 55 heavy (non-hydrogen) atoms. The minimum Gasteiger partial charge on any atom is -0.0622 e. The summed E-state index contributed by atoms with van der Waals surface area (Å²) in [4.78, 5) is 0. The fourth-order valence-corrected chi connectivity index (χ4v) is 9.81. The molecule has 0 aliphatic heterocycles. The number of hydrogen-bond acceptors (Lipinski definition) is 0. The molecule has 0 spiro atoms. The average Bonchev–Trinajstić information content (AvgIpc) is 3.62. The highest BCUT2D eigenvalue weighted by molar-refractivity contribution is 6.28. The molecule has 0 fully saturated rings. The molecule has 0 saturated heterocycles. The van der Waals surface area contributed by atoms with Gasteiger partial charge in [0.1, 0.15) is 0 Å². The van der Waals surface area contributed by atoms with Gasteiger partial charge in [-0.2, -0.15) is 0 Å². The largest absolute Gasteiger partial charge is 0.0622 e. The summed E-state index contributed by atoms with van der Waals surface area (Å²) < 4.78 is 0. The third kappa shape index (κ3) is 4.90. The molecule has 0 N–H and O–H groups in total. The Morgan fingerprint density at radius 3 is 1.51 bits per heavy atom. The van der Waals surface area contributed by atoms with Gasteiger partial charge in [-0.3, -0.25) is 0 Å². The lowest BCUT2D eigenvalue weighted by atomic mass is 9.75. The zero-order valence-corrected chi connectivity index (χ0v) is 33.4. The number of benzene rings is 8. The van der Waals surface area contributed by atoms with E-state index in [0.717, 1.165) is 0 Å². The predicted octanol–water partition coefficient (Wildman–Crippen LogP) is 15.5. The first-order valence-corrected chi connectivity index (χ1v) is 19.9. The van der Waals surface area contributed by atoms with E-state index < -0.39 is 0 Å². The molecule has 8 aromatic rings. The summed E-state index contributed by atoms with van der Waals surface area (Å²) in [6.07, 6.45) is 0. The molecule has 0 heterocycles.